The summed E-state index contributed by atoms with van der Waals surface area (Å²) >= 11 is 0. The molecule has 158 valence electrons. The third-order valence-corrected chi connectivity index (χ3v) is 6.15. The largest absolute Gasteiger partial charge is 0.361 e. The monoisotopic (exact) mass is 422 g/mol. The Bertz CT molecular complexity index is 1440. The first-order valence-electron chi connectivity index (χ1n) is 10.8. The van der Waals surface area contributed by atoms with E-state index in [2.05, 4.69) is 54.6 Å². The first-order valence-corrected chi connectivity index (χ1v) is 10.8. The van der Waals surface area contributed by atoms with E-state index in [0.29, 0.717) is 5.56 Å². The van der Waals surface area contributed by atoms with Crippen molar-refractivity contribution in [1.82, 2.24) is 20.2 Å². The number of fused-ring (bicyclic) bond motifs is 2. The molecule has 0 bridgehead atoms. The molecule has 3 N–H and O–H groups in total. The molecule has 1 aliphatic heterocycles. The van der Waals surface area contributed by atoms with Crippen LogP contribution < -0.4 is 10.2 Å². The molecule has 2 aromatic carbocycles. The van der Waals surface area contributed by atoms with E-state index in [1.165, 1.54) is 0 Å². The van der Waals surface area contributed by atoms with Gasteiger partial charge in [-0.05, 0) is 60.4 Å². The average Bonchev–Trinajstić information content (AvgIpc) is 3.60. The molecule has 32 heavy (non-hydrogen) atoms. The predicted molar refractivity (Wildman–Crippen MR) is 127 cm³/mol. The summed E-state index contributed by atoms with van der Waals surface area (Å²) in [7, 11) is 0. The van der Waals surface area contributed by atoms with Crippen LogP contribution in [0.3, 0.4) is 0 Å². The van der Waals surface area contributed by atoms with Gasteiger partial charge >= 0.3 is 0 Å². The zero-order valence-corrected chi connectivity index (χ0v) is 17.4. The molecule has 4 heterocycles. The van der Waals surface area contributed by atoms with Gasteiger partial charge in [-0.15, -0.1) is 0 Å². The van der Waals surface area contributed by atoms with Gasteiger partial charge in [0.1, 0.15) is 5.82 Å². The molecule has 7 nitrogen and oxygen atoms in total. The zero-order valence-electron chi connectivity index (χ0n) is 17.4. The van der Waals surface area contributed by atoms with Crippen molar-refractivity contribution in [2.24, 2.45) is 0 Å². The van der Waals surface area contributed by atoms with Gasteiger partial charge in [0.05, 0.1) is 17.4 Å². The lowest BCUT2D eigenvalue weighted by Crippen LogP contribution is -2.20. The van der Waals surface area contributed by atoms with Crippen molar-refractivity contribution in [3.05, 3.63) is 72.7 Å². The Kier molecular flexibility index (Phi) is 4.38. The highest BCUT2D eigenvalue weighted by Crippen LogP contribution is 2.34. The summed E-state index contributed by atoms with van der Waals surface area (Å²) < 4.78 is 0. The molecule has 0 saturated carbocycles. The Morgan fingerprint density at radius 1 is 1.00 bits per heavy atom. The van der Waals surface area contributed by atoms with E-state index in [4.69, 9.17) is 0 Å². The molecule has 6 rings (SSSR count). The Labute approximate surface area is 184 Å². The summed E-state index contributed by atoms with van der Waals surface area (Å²) in [6, 6.07) is 15.9. The summed E-state index contributed by atoms with van der Waals surface area (Å²) in [5.74, 6) is 0.698. The number of anilines is 2. The molecule has 1 fully saturated rings. The van der Waals surface area contributed by atoms with Crippen LogP contribution in [-0.4, -0.2) is 39.2 Å². The van der Waals surface area contributed by atoms with E-state index in [1.807, 2.05) is 24.4 Å². The van der Waals surface area contributed by atoms with E-state index >= 15 is 0 Å². The van der Waals surface area contributed by atoms with Crippen LogP contribution in [0.25, 0.3) is 32.9 Å². The minimum Gasteiger partial charge on any atom is -0.361 e. The van der Waals surface area contributed by atoms with Gasteiger partial charge in [0.2, 0.25) is 0 Å². The second-order valence-corrected chi connectivity index (χ2v) is 8.15. The summed E-state index contributed by atoms with van der Waals surface area (Å²) in [5, 5.41) is 12.4. The number of amides is 1. The highest BCUT2D eigenvalue weighted by atomic mass is 16.1. The van der Waals surface area contributed by atoms with Crippen molar-refractivity contribution in [2.75, 3.05) is 23.3 Å². The standard InChI is InChI=1S/C25H22N6O/c32-25(16-6-8-27-24(14-16)31-10-1-2-11-31)29-22-12-17(13-23-20(22)15-28-30-23)18-4-3-5-21-19(18)7-9-26-21/h3-9,12-15,26H,1-2,10-11H2,(H,28,30)(H,29,32). The Morgan fingerprint density at radius 3 is 2.81 bits per heavy atom. The molecule has 7 heteroatoms. The maximum Gasteiger partial charge on any atom is 0.255 e. The van der Waals surface area contributed by atoms with Crippen LogP contribution in [0.15, 0.2) is 67.1 Å². The van der Waals surface area contributed by atoms with Crippen molar-refractivity contribution in [1.29, 1.82) is 0 Å². The molecule has 0 radical (unpaired) electrons. The number of nitrogens with one attached hydrogen (secondary N) is 3. The van der Waals surface area contributed by atoms with Gasteiger partial charge in [-0.2, -0.15) is 5.10 Å². The highest BCUT2D eigenvalue weighted by Gasteiger charge is 2.17. The molecule has 0 atom stereocenters. The molecule has 1 saturated heterocycles. The van der Waals surface area contributed by atoms with Gasteiger partial charge in [0.25, 0.3) is 5.91 Å². The van der Waals surface area contributed by atoms with E-state index in [1.54, 1.807) is 18.5 Å². The van der Waals surface area contributed by atoms with Crippen LogP contribution in [0.5, 0.6) is 0 Å². The first kappa shape index (κ1) is 18.6. The number of hydrogen-bond donors (Lipinski definition) is 3. The van der Waals surface area contributed by atoms with Crippen LogP contribution in [0.1, 0.15) is 23.2 Å². The van der Waals surface area contributed by atoms with Crippen molar-refractivity contribution < 1.29 is 4.79 Å². The molecule has 5 aromatic rings. The second-order valence-electron chi connectivity index (χ2n) is 8.15. The van der Waals surface area contributed by atoms with Gasteiger partial charge in [-0.3, -0.25) is 9.89 Å². The molecule has 1 amide bonds. The lowest BCUT2D eigenvalue weighted by Gasteiger charge is -2.17. The van der Waals surface area contributed by atoms with Crippen molar-refractivity contribution in [3.8, 4) is 11.1 Å². The average molecular weight is 422 g/mol. The zero-order chi connectivity index (χ0) is 21.5. The Hall–Kier alpha value is -4.13. The fourth-order valence-electron chi connectivity index (χ4n) is 4.52. The quantitative estimate of drug-likeness (QED) is 0.382. The third-order valence-electron chi connectivity index (χ3n) is 6.15. The first-order chi connectivity index (χ1) is 15.8. The normalized spacial score (nSPS) is 13.8. The fourth-order valence-corrected chi connectivity index (χ4v) is 4.52. The molecule has 0 unspecified atom stereocenters. The van der Waals surface area contributed by atoms with Crippen LogP contribution in [0, 0.1) is 0 Å². The van der Waals surface area contributed by atoms with Crippen molar-refractivity contribution >= 4 is 39.2 Å². The van der Waals surface area contributed by atoms with E-state index < -0.39 is 0 Å². The van der Waals surface area contributed by atoms with Gasteiger partial charge in [0.15, 0.2) is 0 Å². The van der Waals surface area contributed by atoms with Gasteiger partial charge < -0.3 is 15.2 Å². The summed E-state index contributed by atoms with van der Waals surface area (Å²) in [5.41, 5.74) is 5.37. The molecular formula is C25H22N6O. The Balaban J connectivity index is 1.38. The number of aromatic nitrogens is 4. The molecule has 0 aliphatic carbocycles. The van der Waals surface area contributed by atoms with Crippen molar-refractivity contribution in [3.63, 3.8) is 0 Å². The summed E-state index contributed by atoms with van der Waals surface area (Å²) in [6.45, 7) is 1.97. The topological polar surface area (TPSA) is 89.7 Å². The number of pyridine rings is 1. The van der Waals surface area contributed by atoms with Gasteiger partial charge in [-0.1, -0.05) is 12.1 Å². The minimum atomic E-state index is -0.160. The van der Waals surface area contributed by atoms with Crippen LogP contribution in [0.2, 0.25) is 0 Å². The SMILES string of the molecule is O=C(Nc1cc(-c2cccc3[nH]ccc23)cc2[nH]ncc12)c1ccnc(N2CCCC2)c1. The summed E-state index contributed by atoms with van der Waals surface area (Å²) in [4.78, 5) is 23.1. The van der Waals surface area contributed by atoms with E-state index in [0.717, 1.165) is 70.4 Å². The van der Waals surface area contributed by atoms with Crippen molar-refractivity contribution in [2.45, 2.75) is 12.8 Å². The van der Waals surface area contributed by atoms with E-state index in [-0.39, 0.29) is 5.91 Å². The molecule has 3 aromatic heterocycles. The number of hydrogen-bond acceptors (Lipinski definition) is 4. The number of benzene rings is 2. The maximum absolute atomic E-state index is 13.2. The maximum atomic E-state index is 13.2. The minimum absolute atomic E-state index is 0.160. The number of carbonyl (C=O) groups is 1. The Morgan fingerprint density at radius 2 is 1.91 bits per heavy atom. The number of carbonyl (C=O) groups excluding carboxylic acids is 1. The number of nitrogens with zero attached hydrogens (tertiary/aromatic N) is 3. The highest BCUT2D eigenvalue weighted by molar-refractivity contribution is 6.10. The predicted octanol–water partition coefficient (Wildman–Crippen LogP) is 4.96. The number of rotatable bonds is 4. The van der Waals surface area contributed by atoms with E-state index in [9.17, 15) is 4.79 Å². The molecule has 1 aliphatic rings. The van der Waals surface area contributed by atoms with Crippen LogP contribution in [-0.2, 0) is 0 Å². The third kappa shape index (κ3) is 3.19. The van der Waals surface area contributed by atoms with Crippen LogP contribution in [0.4, 0.5) is 11.5 Å². The number of H-pyrrole nitrogens is 2. The van der Waals surface area contributed by atoms with Gasteiger partial charge in [-0.25, -0.2) is 4.98 Å². The van der Waals surface area contributed by atoms with Crippen LogP contribution >= 0.6 is 0 Å². The lowest BCUT2D eigenvalue weighted by molar-refractivity contribution is 0.102. The fraction of sp³-hybridized carbons (Fsp3) is 0.160. The molecular weight excluding hydrogens is 400 g/mol. The number of aromatic amines is 2. The lowest BCUT2D eigenvalue weighted by atomic mass is 9.99. The molecule has 0 spiro atoms. The van der Waals surface area contributed by atoms with Gasteiger partial charge in [0, 0.05) is 47.3 Å². The second kappa shape index (κ2) is 7.53. The summed E-state index contributed by atoms with van der Waals surface area (Å²) in [6.07, 6.45) is 7.72. The smallest absolute Gasteiger partial charge is 0.255 e.